The van der Waals surface area contributed by atoms with Gasteiger partial charge in [0.15, 0.2) is 0 Å². The summed E-state index contributed by atoms with van der Waals surface area (Å²) in [5, 5.41) is 4.26. The van der Waals surface area contributed by atoms with Crippen molar-refractivity contribution in [2.24, 2.45) is 0 Å². The first-order chi connectivity index (χ1) is 20.3. The molecule has 222 valence electrons. The third kappa shape index (κ3) is 8.13. The fraction of sp³-hybridized carbons (Fsp3) is 0.0323. The van der Waals surface area contributed by atoms with Crippen molar-refractivity contribution < 1.29 is 30.4 Å². The number of rotatable bonds is 6. The molecule has 0 saturated heterocycles. The maximum Gasteiger partial charge on any atom is 0.673 e. The van der Waals surface area contributed by atoms with Crippen molar-refractivity contribution in [2.75, 3.05) is 0 Å². The van der Waals surface area contributed by atoms with Gasteiger partial charge in [0.05, 0.1) is 0 Å². The minimum atomic E-state index is -6.00. The molecule has 0 spiro atoms. The first-order valence-electron chi connectivity index (χ1n) is 12.5. The highest BCUT2D eigenvalue weighted by Crippen LogP contribution is 2.69. The predicted octanol–water partition coefficient (Wildman–Crippen LogP) is 10.4. The molecule has 0 nitrogen and oxygen atoms in total. The Balaban J connectivity index is 0.000000782. The van der Waals surface area contributed by atoms with Gasteiger partial charge < -0.3 is 17.3 Å². The Hall–Kier alpha value is -3.03. The quantitative estimate of drug-likeness (QED) is 0.0956. The second kappa shape index (κ2) is 13.7. The minimum Gasteiger partial charge on any atom is -0.418 e. The molecule has 5 aromatic rings. The molecule has 0 heterocycles. The molecule has 0 amide bonds. The van der Waals surface area contributed by atoms with E-state index in [9.17, 15) is 30.4 Å². The van der Waals surface area contributed by atoms with Crippen LogP contribution in [0.2, 0.25) is 15.1 Å². The second-order valence-electron chi connectivity index (χ2n) is 9.31. The lowest BCUT2D eigenvalue weighted by atomic mass is 10.0. The van der Waals surface area contributed by atoms with Gasteiger partial charge in [-0.1, -0.05) is 46.9 Å². The Morgan fingerprint density at radius 3 is 1.16 bits per heavy atom. The minimum absolute atomic E-state index is 0.376. The van der Waals surface area contributed by atoms with Gasteiger partial charge in [0.25, 0.3) is 0 Å². The van der Waals surface area contributed by atoms with Crippen molar-refractivity contribution in [3.63, 3.8) is 0 Å². The molecule has 0 radical (unpaired) electrons. The maximum absolute atomic E-state index is 14.8. The first kappa shape index (κ1) is 32.9. The molecule has 0 N–H and O–H groups in total. The molecule has 5 aromatic carbocycles. The third-order valence-corrected chi connectivity index (χ3v) is 11.9. The molecule has 0 bridgehead atoms. The van der Waals surface area contributed by atoms with Gasteiger partial charge in [-0.05, 0) is 97.1 Å². The predicted molar refractivity (Wildman–Crippen MR) is 165 cm³/mol. The van der Waals surface area contributed by atoms with Gasteiger partial charge in [0, 0.05) is 32.3 Å². The topological polar surface area (TPSA) is 0 Å². The fourth-order valence-electron chi connectivity index (χ4n) is 4.97. The summed E-state index contributed by atoms with van der Waals surface area (Å²) in [6.45, 7) is 0. The fourth-order valence-corrected chi connectivity index (χ4v) is 10.2. The van der Waals surface area contributed by atoms with Crippen molar-refractivity contribution in [3.05, 3.63) is 159 Å². The Kier molecular flexibility index (Phi) is 10.5. The van der Waals surface area contributed by atoms with E-state index in [-0.39, 0.29) is 0 Å². The summed E-state index contributed by atoms with van der Waals surface area (Å²) in [6.07, 6.45) is 0. The average molecular weight is 674 g/mol. The smallest absolute Gasteiger partial charge is 0.418 e. The van der Waals surface area contributed by atoms with E-state index in [0.29, 0.717) is 26.2 Å². The van der Waals surface area contributed by atoms with E-state index in [1.54, 1.807) is 48.5 Å². The average Bonchev–Trinajstić information content (AvgIpc) is 2.92. The molecule has 0 aliphatic heterocycles. The molecule has 5 rings (SSSR count). The van der Waals surface area contributed by atoms with E-state index in [0.717, 1.165) is 22.0 Å². The summed E-state index contributed by atoms with van der Waals surface area (Å²) in [7, 11) is -8.90. The molecule has 0 aliphatic carbocycles. The summed E-state index contributed by atoms with van der Waals surface area (Å²) in [6, 6.07) is 31.8. The van der Waals surface area contributed by atoms with E-state index < -0.39 is 37.6 Å². The SMILES string of the molecule is F[B-](F)(F)F.Fc1cccc(C(c2cc(F)cc(F)c2)[P+](c2ccc(Cl)cc2)(c2ccc(Cl)cc2)c2ccc(Cl)cc2)c1. The monoisotopic (exact) mass is 672 g/mol. The molecular formula is C31H20BCl3F7P. The van der Waals surface area contributed by atoms with Gasteiger partial charge in [0.1, 0.15) is 46.3 Å². The second-order valence-corrected chi connectivity index (χ2v) is 14.1. The third-order valence-electron chi connectivity index (χ3n) is 6.45. The summed E-state index contributed by atoms with van der Waals surface area (Å²) < 4.78 is 83.3. The van der Waals surface area contributed by atoms with Crippen molar-refractivity contribution in [1.82, 2.24) is 0 Å². The zero-order chi connectivity index (χ0) is 31.4. The van der Waals surface area contributed by atoms with Crippen LogP contribution in [0.5, 0.6) is 0 Å². The molecule has 43 heavy (non-hydrogen) atoms. The largest absolute Gasteiger partial charge is 0.673 e. The van der Waals surface area contributed by atoms with Crippen LogP contribution in [0, 0.1) is 17.5 Å². The van der Waals surface area contributed by atoms with Crippen LogP contribution < -0.4 is 15.9 Å². The van der Waals surface area contributed by atoms with E-state index in [2.05, 4.69) is 0 Å². The van der Waals surface area contributed by atoms with Crippen LogP contribution in [0.25, 0.3) is 0 Å². The van der Waals surface area contributed by atoms with E-state index in [1.165, 1.54) is 24.3 Å². The number of halogens is 10. The Morgan fingerprint density at radius 1 is 0.465 bits per heavy atom. The molecule has 12 heteroatoms. The van der Waals surface area contributed by atoms with Gasteiger partial charge >= 0.3 is 7.25 Å². The van der Waals surface area contributed by atoms with Crippen molar-refractivity contribution in [1.29, 1.82) is 0 Å². The van der Waals surface area contributed by atoms with Crippen molar-refractivity contribution in [2.45, 2.75) is 5.66 Å². The van der Waals surface area contributed by atoms with Crippen LogP contribution in [0.1, 0.15) is 16.8 Å². The lowest BCUT2D eigenvalue weighted by Crippen LogP contribution is -2.36. The highest BCUT2D eigenvalue weighted by Gasteiger charge is 2.54. The summed E-state index contributed by atoms with van der Waals surface area (Å²) in [4.78, 5) is 0. The highest BCUT2D eigenvalue weighted by molar-refractivity contribution is 7.96. The molecule has 0 saturated carbocycles. The Bertz CT molecular complexity index is 1540. The first-order valence-corrected chi connectivity index (χ1v) is 15.5. The van der Waals surface area contributed by atoms with Crippen LogP contribution in [0.15, 0.2) is 115 Å². The van der Waals surface area contributed by atoms with Gasteiger partial charge in [-0.2, -0.15) is 0 Å². The maximum atomic E-state index is 14.8. The standard InChI is InChI=1S/C31H20Cl3F3P.BF4/c32-22-4-10-28(11-5-22)38(29-12-6-23(33)7-13-29,30-14-8-24(34)9-15-30)31(20-2-1-3-25(35)16-20)21-17-26(36)19-27(37)18-21;2-1(3,4)5/h1-19,31H;/q+1;-1. The zero-order valence-electron chi connectivity index (χ0n) is 21.9. The molecule has 0 aromatic heterocycles. The van der Waals surface area contributed by atoms with Gasteiger partial charge in [-0.15, -0.1) is 0 Å². The van der Waals surface area contributed by atoms with Crippen LogP contribution in [-0.2, 0) is 0 Å². The summed E-state index contributed by atoms with van der Waals surface area (Å²) in [5.41, 5.74) is 0.274. The number of benzene rings is 5. The van der Waals surface area contributed by atoms with E-state index >= 15 is 0 Å². The summed E-state index contributed by atoms with van der Waals surface area (Å²) >= 11 is 18.9. The Labute approximate surface area is 259 Å². The van der Waals surface area contributed by atoms with Crippen LogP contribution in [0.4, 0.5) is 30.4 Å². The van der Waals surface area contributed by atoms with Crippen LogP contribution >= 0.6 is 42.1 Å². The number of hydrogen-bond acceptors (Lipinski definition) is 0. The van der Waals surface area contributed by atoms with Crippen LogP contribution in [-0.4, -0.2) is 7.25 Å². The lowest BCUT2D eigenvalue weighted by Gasteiger charge is -2.35. The molecule has 0 fully saturated rings. The van der Waals surface area contributed by atoms with E-state index in [1.807, 2.05) is 36.4 Å². The lowest BCUT2D eigenvalue weighted by molar-refractivity contribution is 0.368. The molecule has 0 aliphatic rings. The zero-order valence-corrected chi connectivity index (χ0v) is 25.0. The molecular weight excluding hydrogens is 653 g/mol. The number of hydrogen-bond donors (Lipinski definition) is 0. The highest BCUT2D eigenvalue weighted by atomic mass is 35.5. The van der Waals surface area contributed by atoms with Crippen molar-refractivity contribution in [3.8, 4) is 0 Å². The van der Waals surface area contributed by atoms with Gasteiger partial charge in [0.2, 0.25) is 0 Å². The van der Waals surface area contributed by atoms with Gasteiger partial charge in [-0.3, -0.25) is 0 Å². The van der Waals surface area contributed by atoms with Crippen molar-refractivity contribution >= 4 is 65.2 Å². The normalized spacial score (nSPS) is 12.3. The molecule has 1 atom stereocenters. The Morgan fingerprint density at radius 2 is 0.814 bits per heavy atom. The molecule has 1 unspecified atom stereocenters. The van der Waals surface area contributed by atoms with Crippen LogP contribution in [0.3, 0.4) is 0 Å². The van der Waals surface area contributed by atoms with Gasteiger partial charge in [-0.25, -0.2) is 13.2 Å². The summed E-state index contributed by atoms with van der Waals surface area (Å²) in [5.74, 6) is -1.89. The van der Waals surface area contributed by atoms with E-state index in [4.69, 9.17) is 34.8 Å².